The molecule has 1 heterocycles. The topological polar surface area (TPSA) is 30.7 Å². The van der Waals surface area contributed by atoms with E-state index in [9.17, 15) is 0 Å². The van der Waals surface area contributed by atoms with E-state index in [4.69, 9.17) is 23.2 Å². The Morgan fingerprint density at radius 3 is 2.60 bits per heavy atom. The lowest BCUT2D eigenvalue weighted by atomic mass is 10.2. The van der Waals surface area contributed by atoms with Crippen LogP contribution in [0.25, 0.3) is 0 Å². The number of rotatable bonds is 6. The second-order valence-electron chi connectivity index (χ2n) is 4.14. The first kappa shape index (κ1) is 15.4. The van der Waals surface area contributed by atoms with Gasteiger partial charge in [-0.3, -0.25) is 0 Å². The minimum atomic E-state index is 0.664. The van der Waals surface area contributed by atoms with E-state index in [2.05, 4.69) is 28.3 Å². The molecule has 1 aromatic carbocycles. The van der Waals surface area contributed by atoms with Crippen molar-refractivity contribution in [1.82, 2.24) is 14.8 Å². The molecule has 0 unspecified atom stereocenters. The summed E-state index contributed by atoms with van der Waals surface area (Å²) in [4.78, 5) is 0. The largest absolute Gasteiger partial charge is 0.302 e. The summed E-state index contributed by atoms with van der Waals surface area (Å²) < 4.78 is 2.06. The molecule has 0 aliphatic carbocycles. The summed E-state index contributed by atoms with van der Waals surface area (Å²) in [6.45, 7) is 6.53. The van der Waals surface area contributed by atoms with Gasteiger partial charge in [0, 0.05) is 28.8 Å². The number of allylic oxidation sites excluding steroid dienone is 1. The van der Waals surface area contributed by atoms with Crippen molar-refractivity contribution in [3.63, 3.8) is 0 Å². The van der Waals surface area contributed by atoms with Gasteiger partial charge < -0.3 is 4.57 Å². The van der Waals surface area contributed by atoms with Gasteiger partial charge in [-0.15, -0.1) is 16.8 Å². The van der Waals surface area contributed by atoms with Gasteiger partial charge in [-0.1, -0.05) is 54.0 Å². The highest BCUT2D eigenvalue weighted by Gasteiger charge is 2.12. The monoisotopic (exact) mass is 327 g/mol. The molecule has 6 heteroatoms. The molecule has 0 saturated carbocycles. The highest BCUT2D eigenvalue weighted by Crippen LogP contribution is 2.31. The summed E-state index contributed by atoms with van der Waals surface area (Å²) in [5.41, 5.74) is 0.923. The lowest BCUT2D eigenvalue weighted by Gasteiger charge is -2.08. The first-order valence-electron chi connectivity index (χ1n) is 6.26. The van der Waals surface area contributed by atoms with Crippen LogP contribution in [-0.4, -0.2) is 14.8 Å². The molecule has 0 saturated heterocycles. The SMILES string of the molecule is C=CCn1c(CC)nnc1SCc1c(Cl)cccc1Cl. The zero-order chi connectivity index (χ0) is 14.5. The molecule has 0 bridgehead atoms. The van der Waals surface area contributed by atoms with Gasteiger partial charge in [-0.25, -0.2) is 0 Å². The molecule has 2 rings (SSSR count). The maximum Gasteiger partial charge on any atom is 0.191 e. The van der Waals surface area contributed by atoms with Crippen molar-refractivity contribution in [3.05, 3.63) is 52.3 Å². The standard InChI is InChI=1S/C14H15Cl2N3S/c1-3-8-19-13(4-2)17-18-14(19)20-9-10-11(15)6-5-7-12(10)16/h3,5-7H,1,4,8-9H2,2H3. The van der Waals surface area contributed by atoms with Crippen LogP contribution in [-0.2, 0) is 18.7 Å². The lowest BCUT2D eigenvalue weighted by molar-refractivity contribution is 0.685. The van der Waals surface area contributed by atoms with E-state index in [1.54, 1.807) is 11.8 Å². The van der Waals surface area contributed by atoms with Crippen molar-refractivity contribution in [3.8, 4) is 0 Å². The Balaban J connectivity index is 2.19. The third-order valence-corrected chi connectivity index (χ3v) is 4.53. The highest BCUT2D eigenvalue weighted by molar-refractivity contribution is 7.98. The van der Waals surface area contributed by atoms with E-state index in [0.29, 0.717) is 22.3 Å². The smallest absolute Gasteiger partial charge is 0.191 e. The molecule has 0 amide bonds. The number of aromatic nitrogens is 3. The molecule has 20 heavy (non-hydrogen) atoms. The summed E-state index contributed by atoms with van der Waals surface area (Å²) in [5, 5.41) is 10.6. The van der Waals surface area contributed by atoms with Gasteiger partial charge in [0.15, 0.2) is 5.16 Å². The van der Waals surface area contributed by atoms with Crippen molar-refractivity contribution in [2.45, 2.75) is 30.8 Å². The van der Waals surface area contributed by atoms with Crippen molar-refractivity contribution in [2.75, 3.05) is 0 Å². The van der Waals surface area contributed by atoms with E-state index in [1.165, 1.54) is 0 Å². The molecule has 0 spiro atoms. The molecule has 2 aromatic rings. The number of nitrogens with zero attached hydrogens (tertiary/aromatic N) is 3. The second-order valence-corrected chi connectivity index (χ2v) is 5.90. The number of aryl methyl sites for hydroxylation is 1. The van der Waals surface area contributed by atoms with Crippen molar-refractivity contribution >= 4 is 35.0 Å². The first-order chi connectivity index (χ1) is 9.67. The molecule has 0 aliphatic rings. The minimum absolute atomic E-state index is 0.664. The van der Waals surface area contributed by atoms with Gasteiger partial charge in [0.1, 0.15) is 5.82 Å². The Morgan fingerprint density at radius 1 is 1.30 bits per heavy atom. The number of benzene rings is 1. The Labute approximate surface area is 133 Å². The fraction of sp³-hybridized carbons (Fsp3) is 0.286. The van der Waals surface area contributed by atoms with Crippen molar-refractivity contribution in [1.29, 1.82) is 0 Å². The summed E-state index contributed by atoms with van der Waals surface area (Å²) >= 11 is 13.9. The molecule has 0 N–H and O–H groups in total. The number of hydrogen-bond donors (Lipinski definition) is 0. The van der Waals surface area contributed by atoms with Crippen molar-refractivity contribution < 1.29 is 0 Å². The molecule has 106 valence electrons. The average molecular weight is 328 g/mol. The maximum absolute atomic E-state index is 6.17. The lowest BCUT2D eigenvalue weighted by Crippen LogP contribution is -2.02. The normalized spacial score (nSPS) is 10.8. The Morgan fingerprint density at radius 2 is 2.00 bits per heavy atom. The number of hydrogen-bond acceptors (Lipinski definition) is 3. The second kappa shape index (κ2) is 7.16. The number of thioether (sulfide) groups is 1. The van der Waals surface area contributed by atoms with Gasteiger partial charge in [-0.05, 0) is 17.7 Å². The van der Waals surface area contributed by atoms with Crippen LogP contribution in [0, 0.1) is 0 Å². The maximum atomic E-state index is 6.17. The van der Waals surface area contributed by atoms with E-state index >= 15 is 0 Å². The Bertz CT molecular complexity index is 590. The quantitative estimate of drug-likeness (QED) is 0.572. The third kappa shape index (κ3) is 3.37. The van der Waals surface area contributed by atoms with Gasteiger partial charge >= 0.3 is 0 Å². The van der Waals surface area contributed by atoms with Crippen LogP contribution in [0.1, 0.15) is 18.3 Å². The van der Waals surface area contributed by atoms with Crippen LogP contribution in [0.5, 0.6) is 0 Å². The summed E-state index contributed by atoms with van der Waals surface area (Å²) in [7, 11) is 0. The molecule has 0 atom stereocenters. The van der Waals surface area contributed by atoms with Crippen LogP contribution < -0.4 is 0 Å². The molecule has 0 fully saturated rings. The van der Waals surface area contributed by atoms with Gasteiger partial charge in [0.25, 0.3) is 0 Å². The van der Waals surface area contributed by atoms with Crippen molar-refractivity contribution in [2.24, 2.45) is 0 Å². The highest BCUT2D eigenvalue weighted by atomic mass is 35.5. The average Bonchev–Trinajstić information content (AvgIpc) is 2.81. The predicted molar refractivity (Wildman–Crippen MR) is 85.6 cm³/mol. The molecule has 0 aliphatic heterocycles. The molecular weight excluding hydrogens is 313 g/mol. The van der Waals surface area contributed by atoms with Gasteiger partial charge in [0.2, 0.25) is 0 Å². The van der Waals surface area contributed by atoms with Crippen LogP contribution in [0.2, 0.25) is 10.0 Å². The van der Waals surface area contributed by atoms with Crippen LogP contribution in [0.15, 0.2) is 36.0 Å². The molecule has 0 radical (unpaired) electrons. The molecule has 3 nitrogen and oxygen atoms in total. The molecule has 1 aromatic heterocycles. The van der Waals surface area contributed by atoms with Crippen LogP contribution in [0.4, 0.5) is 0 Å². The zero-order valence-electron chi connectivity index (χ0n) is 11.1. The fourth-order valence-corrected chi connectivity index (χ4v) is 3.52. The van der Waals surface area contributed by atoms with Crippen LogP contribution in [0.3, 0.4) is 0 Å². The Hall–Kier alpha value is -0.970. The first-order valence-corrected chi connectivity index (χ1v) is 8.00. The van der Waals surface area contributed by atoms with E-state index in [1.807, 2.05) is 24.3 Å². The zero-order valence-corrected chi connectivity index (χ0v) is 13.5. The van der Waals surface area contributed by atoms with E-state index < -0.39 is 0 Å². The minimum Gasteiger partial charge on any atom is -0.302 e. The van der Waals surface area contributed by atoms with Gasteiger partial charge in [-0.2, -0.15) is 0 Å². The molecular formula is C14H15Cl2N3S. The number of halogens is 2. The van der Waals surface area contributed by atoms with Gasteiger partial charge in [0.05, 0.1) is 0 Å². The summed E-state index contributed by atoms with van der Waals surface area (Å²) in [6, 6.07) is 5.53. The summed E-state index contributed by atoms with van der Waals surface area (Å²) in [6.07, 6.45) is 2.68. The van der Waals surface area contributed by atoms with E-state index in [0.717, 1.165) is 23.0 Å². The van der Waals surface area contributed by atoms with E-state index in [-0.39, 0.29) is 0 Å². The predicted octanol–water partition coefficient (Wildman–Crippen LogP) is 4.63. The third-order valence-electron chi connectivity index (χ3n) is 2.83. The Kier molecular flexibility index (Phi) is 5.52. The fourth-order valence-electron chi connectivity index (χ4n) is 1.81. The van der Waals surface area contributed by atoms with Crippen LogP contribution >= 0.6 is 35.0 Å². The summed E-state index contributed by atoms with van der Waals surface area (Å²) in [5.74, 6) is 1.62.